The first kappa shape index (κ1) is 20.7. The van der Waals surface area contributed by atoms with Crippen molar-refractivity contribution in [1.82, 2.24) is 4.90 Å². The first-order valence-electron chi connectivity index (χ1n) is 9.07. The summed E-state index contributed by atoms with van der Waals surface area (Å²) in [5.41, 5.74) is -0.546. The molecule has 1 aromatic heterocycles. The quantitative estimate of drug-likeness (QED) is 0.537. The largest absolute Gasteiger partial charge is 0.467 e. The molecule has 1 aliphatic rings. The van der Waals surface area contributed by atoms with Crippen LogP contribution in [0.3, 0.4) is 0 Å². The molecule has 0 aliphatic carbocycles. The van der Waals surface area contributed by atoms with E-state index >= 15 is 0 Å². The highest BCUT2D eigenvalue weighted by Crippen LogP contribution is 2.34. The minimum Gasteiger partial charge on any atom is -0.467 e. The van der Waals surface area contributed by atoms with Crippen LogP contribution in [0.1, 0.15) is 16.9 Å². The fourth-order valence-corrected chi connectivity index (χ4v) is 3.32. The van der Waals surface area contributed by atoms with Gasteiger partial charge in [0.2, 0.25) is 0 Å². The number of carbonyl (C=O) groups is 2. The number of hydrogen-bond acceptors (Lipinski definition) is 4. The Hall–Kier alpha value is -3.52. The molecule has 0 radical (unpaired) electrons. The number of rotatable bonds is 5. The van der Waals surface area contributed by atoms with E-state index in [0.717, 1.165) is 17.0 Å². The summed E-state index contributed by atoms with van der Waals surface area (Å²) in [4.78, 5) is 27.2. The summed E-state index contributed by atoms with van der Waals surface area (Å²) in [5.74, 6) is -0.889. The lowest BCUT2D eigenvalue weighted by atomic mass is 10.0. The van der Waals surface area contributed by atoms with Crippen molar-refractivity contribution in [3.05, 3.63) is 94.5 Å². The van der Waals surface area contributed by atoms with Gasteiger partial charge in [-0.05, 0) is 48.0 Å². The first-order valence-corrected chi connectivity index (χ1v) is 9.45. The van der Waals surface area contributed by atoms with Crippen LogP contribution in [-0.2, 0) is 22.3 Å². The van der Waals surface area contributed by atoms with Gasteiger partial charge in [-0.15, -0.1) is 0 Å². The fourth-order valence-electron chi connectivity index (χ4n) is 3.20. The van der Waals surface area contributed by atoms with Gasteiger partial charge in [-0.2, -0.15) is 13.2 Å². The van der Waals surface area contributed by atoms with E-state index in [0.29, 0.717) is 16.3 Å². The molecule has 0 atom stereocenters. The van der Waals surface area contributed by atoms with Crippen molar-refractivity contribution in [1.29, 1.82) is 0 Å². The van der Waals surface area contributed by atoms with E-state index in [1.165, 1.54) is 18.4 Å². The Morgan fingerprint density at radius 3 is 2.35 bits per heavy atom. The molecule has 0 fully saturated rings. The van der Waals surface area contributed by atoms with Crippen LogP contribution in [0.5, 0.6) is 0 Å². The average Bonchev–Trinajstić information content (AvgIpc) is 3.32. The third-order valence-corrected chi connectivity index (χ3v) is 4.91. The Labute approximate surface area is 179 Å². The van der Waals surface area contributed by atoms with Crippen molar-refractivity contribution >= 4 is 34.7 Å². The van der Waals surface area contributed by atoms with Gasteiger partial charge in [0.25, 0.3) is 11.8 Å². The molecule has 2 heterocycles. The minimum absolute atomic E-state index is 0.0253. The maximum Gasteiger partial charge on any atom is 0.416 e. The Bertz CT molecular complexity index is 1170. The molecule has 3 aromatic rings. The van der Waals surface area contributed by atoms with Crippen LogP contribution in [0.4, 0.5) is 18.9 Å². The highest BCUT2D eigenvalue weighted by atomic mass is 35.5. The zero-order valence-corrected chi connectivity index (χ0v) is 16.5. The number of alkyl halides is 3. The molecule has 9 heteroatoms. The number of imide groups is 1. The standard InChI is InChI=1S/C22H14ClF3N2O3/c23-15-8-6-13(7-9-15)18-19(27-16-4-1-3-14(11-16)22(24,25)26)21(30)28(20(18)29)12-17-5-2-10-31-17/h1-11,27H,12H2. The Morgan fingerprint density at radius 2 is 1.71 bits per heavy atom. The molecule has 2 amide bonds. The first-order chi connectivity index (χ1) is 14.7. The van der Waals surface area contributed by atoms with E-state index in [4.69, 9.17) is 16.0 Å². The smallest absolute Gasteiger partial charge is 0.416 e. The highest BCUT2D eigenvalue weighted by molar-refractivity contribution is 6.36. The normalized spacial score (nSPS) is 14.5. The van der Waals surface area contributed by atoms with E-state index in [-0.39, 0.29) is 23.5 Å². The number of furan rings is 1. The molecule has 5 nitrogen and oxygen atoms in total. The Balaban J connectivity index is 1.75. The molecule has 31 heavy (non-hydrogen) atoms. The molecule has 1 N–H and O–H groups in total. The van der Waals surface area contributed by atoms with Crippen molar-refractivity contribution < 1.29 is 27.2 Å². The van der Waals surface area contributed by atoms with Crippen molar-refractivity contribution in [2.45, 2.75) is 12.7 Å². The molecule has 158 valence electrons. The third kappa shape index (κ3) is 4.20. The number of carbonyl (C=O) groups excluding carboxylic acids is 2. The van der Waals surface area contributed by atoms with Crippen LogP contribution < -0.4 is 5.32 Å². The van der Waals surface area contributed by atoms with Gasteiger partial charge in [0.15, 0.2) is 0 Å². The predicted octanol–water partition coefficient (Wildman–Crippen LogP) is 5.34. The van der Waals surface area contributed by atoms with Gasteiger partial charge in [0.05, 0.1) is 23.9 Å². The number of benzene rings is 2. The van der Waals surface area contributed by atoms with Crippen LogP contribution >= 0.6 is 11.6 Å². The van der Waals surface area contributed by atoms with Crippen molar-refractivity contribution in [2.24, 2.45) is 0 Å². The maximum atomic E-state index is 13.1. The average molecular weight is 447 g/mol. The minimum atomic E-state index is -4.55. The van der Waals surface area contributed by atoms with Crippen LogP contribution in [0.25, 0.3) is 5.57 Å². The number of nitrogens with zero attached hydrogens (tertiary/aromatic N) is 1. The van der Waals surface area contributed by atoms with Crippen molar-refractivity contribution in [3.63, 3.8) is 0 Å². The summed E-state index contributed by atoms with van der Waals surface area (Å²) in [6.45, 7) is -0.116. The number of hydrogen-bond donors (Lipinski definition) is 1. The van der Waals surface area contributed by atoms with Crippen molar-refractivity contribution in [3.8, 4) is 0 Å². The molecular weight excluding hydrogens is 433 g/mol. The summed E-state index contributed by atoms with van der Waals surface area (Å²) in [5, 5.41) is 3.14. The summed E-state index contributed by atoms with van der Waals surface area (Å²) in [6.07, 6.45) is -3.14. The molecule has 4 rings (SSSR count). The van der Waals surface area contributed by atoms with E-state index in [1.54, 1.807) is 36.4 Å². The summed E-state index contributed by atoms with van der Waals surface area (Å²) in [7, 11) is 0. The lowest BCUT2D eigenvalue weighted by molar-refractivity contribution is -0.138. The molecule has 0 unspecified atom stereocenters. The summed E-state index contributed by atoms with van der Waals surface area (Å²) in [6, 6.07) is 13.9. The van der Waals surface area contributed by atoms with E-state index in [2.05, 4.69) is 5.32 Å². The Kier molecular flexibility index (Phi) is 5.32. The predicted molar refractivity (Wildman–Crippen MR) is 108 cm³/mol. The molecule has 0 saturated heterocycles. The van der Waals surface area contributed by atoms with Gasteiger partial charge in [-0.25, -0.2) is 0 Å². The number of anilines is 1. The highest BCUT2D eigenvalue weighted by Gasteiger charge is 2.40. The van der Waals surface area contributed by atoms with Crippen LogP contribution in [0.2, 0.25) is 5.02 Å². The fraction of sp³-hybridized carbons (Fsp3) is 0.0909. The van der Waals surface area contributed by atoms with Gasteiger partial charge in [0, 0.05) is 10.7 Å². The van der Waals surface area contributed by atoms with Gasteiger partial charge in [0.1, 0.15) is 11.5 Å². The second-order valence-electron chi connectivity index (χ2n) is 6.74. The lowest BCUT2D eigenvalue weighted by Crippen LogP contribution is -2.31. The van der Waals surface area contributed by atoms with Gasteiger partial charge >= 0.3 is 6.18 Å². The molecular formula is C22H14ClF3N2O3. The van der Waals surface area contributed by atoms with Gasteiger partial charge in [-0.1, -0.05) is 29.8 Å². The zero-order chi connectivity index (χ0) is 22.2. The molecule has 0 saturated carbocycles. The van der Waals surface area contributed by atoms with Gasteiger partial charge < -0.3 is 9.73 Å². The SMILES string of the molecule is O=C1C(Nc2cccc(C(F)(F)F)c2)=C(c2ccc(Cl)cc2)C(=O)N1Cc1ccco1. The third-order valence-electron chi connectivity index (χ3n) is 4.65. The molecule has 2 aromatic carbocycles. The summed E-state index contributed by atoms with van der Waals surface area (Å²) >= 11 is 5.92. The number of amides is 2. The lowest BCUT2D eigenvalue weighted by Gasteiger charge is -2.14. The van der Waals surface area contributed by atoms with Gasteiger partial charge in [-0.3, -0.25) is 14.5 Å². The van der Waals surface area contributed by atoms with Crippen molar-refractivity contribution in [2.75, 3.05) is 5.32 Å². The summed E-state index contributed by atoms with van der Waals surface area (Å²) < 4.78 is 44.5. The topological polar surface area (TPSA) is 62.6 Å². The van der Waals surface area contributed by atoms with Crippen LogP contribution in [-0.4, -0.2) is 16.7 Å². The molecule has 1 aliphatic heterocycles. The van der Waals surface area contributed by atoms with Crippen LogP contribution in [0, 0.1) is 0 Å². The Morgan fingerprint density at radius 1 is 0.968 bits per heavy atom. The van der Waals surface area contributed by atoms with E-state index in [1.807, 2.05) is 0 Å². The monoisotopic (exact) mass is 446 g/mol. The second-order valence-corrected chi connectivity index (χ2v) is 7.17. The second kappa shape index (κ2) is 7.96. The van der Waals surface area contributed by atoms with E-state index < -0.39 is 23.6 Å². The number of nitrogens with one attached hydrogen (secondary N) is 1. The van der Waals surface area contributed by atoms with Crippen LogP contribution in [0.15, 0.2) is 77.0 Å². The zero-order valence-electron chi connectivity index (χ0n) is 15.7. The number of halogens is 4. The maximum absolute atomic E-state index is 13.1. The molecule has 0 spiro atoms. The van der Waals surface area contributed by atoms with E-state index in [9.17, 15) is 22.8 Å². The molecule has 0 bridgehead atoms.